The highest BCUT2D eigenvalue weighted by Crippen LogP contribution is 2.29. The summed E-state index contributed by atoms with van der Waals surface area (Å²) in [7, 11) is 2.78. The third-order valence-corrected chi connectivity index (χ3v) is 3.28. The first-order valence-corrected chi connectivity index (χ1v) is 6.43. The van der Waals surface area contributed by atoms with Gasteiger partial charge in [-0.1, -0.05) is 12.1 Å². The maximum atomic E-state index is 12.1. The van der Waals surface area contributed by atoms with Crippen LogP contribution in [0.3, 0.4) is 0 Å². The highest BCUT2D eigenvalue weighted by molar-refractivity contribution is 5.99. The lowest BCUT2D eigenvalue weighted by Crippen LogP contribution is -2.19. The van der Waals surface area contributed by atoms with E-state index in [4.69, 9.17) is 9.47 Å². The average Bonchev–Trinajstić information content (AvgIpc) is 2.53. The number of aryl methyl sites for hydroxylation is 1. The number of benzene rings is 1. The number of aromatic nitrogens is 1. The summed E-state index contributed by atoms with van der Waals surface area (Å²) in [5, 5.41) is 9.28. The zero-order valence-electron chi connectivity index (χ0n) is 12.4. The van der Waals surface area contributed by atoms with Gasteiger partial charge >= 0.3 is 5.97 Å². The van der Waals surface area contributed by atoms with E-state index in [1.54, 1.807) is 31.2 Å². The lowest BCUT2D eigenvalue weighted by atomic mass is 9.95. The van der Waals surface area contributed by atoms with Gasteiger partial charge in [0.25, 0.3) is 5.56 Å². The maximum Gasteiger partial charge on any atom is 0.340 e. The molecule has 0 aliphatic rings. The number of pyridine rings is 1. The van der Waals surface area contributed by atoms with Crippen molar-refractivity contribution in [3.63, 3.8) is 0 Å². The number of nitrogens with one attached hydrogen (secondary N) is 1. The van der Waals surface area contributed by atoms with Gasteiger partial charge in [0.15, 0.2) is 0 Å². The SMILES string of the molecule is COC(=O)c1c(C)[nH]c(=O)c(C#N)c1-c1ccc(OC)cc1. The van der Waals surface area contributed by atoms with Gasteiger partial charge in [0, 0.05) is 11.3 Å². The summed E-state index contributed by atoms with van der Waals surface area (Å²) >= 11 is 0. The van der Waals surface area contributed by atoms with Gasteiger partial charge in [-0.2, -0.15) is 5.26 Å². The molecule has 6 heteroatoms. The summed E-state index contributed by atoms with van der Waals surface area (Å²) in [5.41, 5.74) is 0.672. The molecule has 0 saturated heterocycles. The standard InChI is InChI=1S/C16H14N2O4/c1-9-13(16(20)22-3)14(12(8-17)15(19)18-9)10-4-6-11(21-2)7-5-10/h4-7H,1-3H3,(H,18,19). The van der Waals surface area contributed by atoms with Gasteiger partial charge in [-0.15, -0.1) is 0 Å². The molecule has 0 fully saturated rings. The molecule has 0 amide bonds. The lowest BCUT2D eigenvalue weighted by molar-refractivity contribution is 0.0600. The first-order chi connectivity index (χ1) is 10.5. The molecule has 0 aliphatic carbocycles. The number of nitrogens with zero attached hydrogens (tertiary/aromatic N) is 1. The number of H-pyrrole nitrogens is 1. The Morgan fingerprint density at radius 3 is 2.36 bits per heavy atom. The molecule has 0 aliphatic heterocycles. The van der Waals surface area contributed by atoms with Gasteiger partial charge < -0.3 is 14.5 Å². The fourth-order valence-electron chi connectivity index (χ4n) is 2.23. The van der Waals surface area contributed by atoms with Crippen LogP contribution in [-0.2, 0) is 4.74 Å². The van der Waals surface area contributed by atoms with Gasteiger partial charge in [0.2, 0.25) is 0 Å². The summed E-state index contributed by atoms with van der Waals surface area (Å²) in [4.78, 5) is 26.6. The van der Waals surface area contributed by atoms with E-state index in [1.165, 1.54) is 14.2 Å². The number of hydrogen-bond acceptors (Lipinski definition) is 5. The number of aromatic amines is 1. The molecule has 1 aromatic heterocycles. The summed E-state index contributed by atoms with van der Waals surface area (Å²) in [6, 6.07) is 8.59. The molecule has 6 nitrogen and oxygen atoms in total. The molecule has 1 heterocycles. The van der Waals surface area contributed by atoms with E-state index >= 15 is 0 Å². The predicted molar refractivity (Wildman–Crippen MR) is 79.8 cm³/mol. The summed E-state index contributed by atoms with van der Waals surface area (Å²) in [6.45, 7) is 1.59. The third kappa shape index (κ3) is 2.56. The highest BCUT2D eigenvalue weighted by atomic mass is 16.5. The van der Waals surface area contributed by atoms with Crippen molar-refractivity contribution >= 4 is 5.97 Å². The quantitative estimate of drug-likeness (QED) is 0.875. The molecular formula is C16H14N2O4. The van der Waals surface area contributed by atoms with Crippen molar-refractivity contribution in [3.05, 3.63) is 51.4 Å². The average molecular weight is 298 g/mol. The van der Waals surface area contributed by atoms with Crippen LogP contribution in [-0.4, -0.2) is 25.2 Å². The minimum absolute atomic E-state index is 0.129. The Bertz CT molecular complexity index is 814. The molecule has 0 bridgehead atoms. The summed E-state index contributed by atoms with van der Waals surface area (Å²) < 4.78 is 9.85. The number of carbonyl (C=O) groups is 1. The Balaban J connectivity index is 2.83. The second-order valence-corrected chi connectivity index (χ2v) is 4.54. The number of methoxy groups -OCH3 is 2. The molecule has 0 atom stereocenters. The van der Waals surface area contributed by atoms with Crippen LogP contribution < -0.4 is 10.3 Å². The predicted octanol–water partition coefficient (Wildman–Crippen LogP) is 2.02. The molecule has 0 radical (unpaired) electrons. The lowest BCUT2D eigenvalue weighted by Gasteiger charge is -2.12. The smallest absolute Gasteiger partial charge is 0.340 e. The number of nitriles is 1. The van der Waals surface area contributed by atoms with Gasteiger partial charge in [-0.3, -0.25) is 4.79 Å². The molecule has 2 rings (SSSR count). The highest BCUT2D eigenvalue weighted by Gasteiger charge is 2.23. The van der Waals surface area contributed by atoms with E-state index in [9.17, 15) is 14.9 Å². The van der Waals surface area contributed by atoms with E-state index in [0.29, 0.717) is 17.0 Å². The Hall–Kier alpha value is -3.07. The van der Waals surface area contributed by atoms with E-state index in [-0.39, 0.29) is 16.7 Å². The zero-order chi connectivity index (χ0) is 16.3. The van der Waals surface area contributed by atoms with E-state index in [0.717, 1.165) is 0 Å². The van der Waals surface area contributed by atoms with Crippen molar-refractivity contribution in [1.82, 2.24) is 4.98 Å². The Morgan fingerprint density at radius 2 is 1.86 bits per heavy atom. The van der Waals surface area contributed by atoms with E-state index in [1.807, 2.05) is 6.07 Å². The summed E-state index contributed by atoms with van der Waals surface area (Å²) in [6.07, 6.45) is 0. The molecular weight excluding hydrogens is 284 g/mol. The number of ether oxygens (including phenoxy) is 2. The molecule has 1 aromatic carbocycles. The summed E-state index contributed by atoms with van der Waals surface area (Å²) in [5.74, 6) is 0.0134. The maximum absolute atomic E-state index is 12.1. The molecule has 0 unspecified atom stereocenters. The molecule has 0 spiro atoms. The van der Waals surface area contributed by atoms with Gasteiger partial charge in [0.05, 0.1) is 19.8 Å². The van der Waals surface area contributed by atoms with Crippen molar-refractivity contribution < 1.29 is 14.3 Å². The normalized spacial score (nSPS) is 9.91. The van der Waals surface area contributed by atoms with Crippen molar-refractivity contribution in [2.75, 3.05) is 14.2 Å². The van der Waals surface area contributed by atoms with Crippen LogP contribution in [0.5, 0.6) is 5.75 Å². The second kappa shape index (κ2) is 6.14. The number of carbonyl (C=O) groups excluding carboxylic acids is 1. The van der Waals surface area contributed by atoms with Crippen LogP contribution in [0.25, 0.3) is 11.1 Å². The minimum atomic E-state index is -0.615. The fourth-order valence-corrected chi connectivity index (χ4v) is 2.23. The number of hydrogen-bond donors (Lipinski definition) is 1. The monoisotopic (exact) mass is 298 g/mol. The fraction of sp³-hybridized carbons (Fsp3) is 0.188. The largest absolute Gasteiger partial charge is 0.497 e. The van der Waals surface area contributed by atoms with Crippen molar-refractivity contribution in [3.8, 4) is 22.9 Å². The van der Waals surface area contributed by atoms with Gasteiger partial charge in [-0.05, 0) is 24.6 Å². The first-order valence-electron chi connectivity index (χ1n) is 6.43. The number of esters is 1. The molecule has 0 saturated carbocycles. The van der Waals surface area contributed by atoms with Crippen LogP contribution >= 0.6 is 0 Å². The van der Waals surface area contributed by atoms with Crippen LogP contribution in [0.15, 0.2) is 29.1 Å². The second-order valence-electron chi connectivity index (χ2n) is 4.54. The van der Waals surface area contributed by atoms with Crippen molar-refractivity contribution in [1.29, 1.82) is 5.26 Å². The van der Waals surface area contributed by atoms with Crippen LogP contribution in [0.1, 0.15) is 21.6 Å². The minimum Gasteiger partial charge on any atom is -0.497 e. The first kappa shape index (κ1) is 15.3. The van der Waals surface area contributed by atoms with Gasteiger partial charge in [-0.25, -0.2) is 4.79 Å². The van der Waals surface area contributed by atoms with Gasteiger partial charge in [0.1, 0.15) is 17.4 Å². The topological polar surface area (TPSA) is 92.2 Å². The van der Waals surface area contributed by atoms with E-state index < -0.39 is 11.5 Å². The van der Waals surface area contributed by atoms with E-state index in [2.05, 4.69) is 4.98 Å². The van der Waals surface area contributed by atoms with Crippen LogP contribution in [0, 0.1) is 18.3 Å². The Labute approximate surface area is 126 Å². The third-order valence-electron chi connectivity index (χ3n) is 3.28. The molecule has 2 aromatic rings. The Kier molecular flexibility index (Phi) is 4.28. The molecule has 1 N–H and O–H groups in total. The molecule has 112 valence electrons. The Morgan fingerprint density at radius 1 is 1.23 bits per heavy atom. The van der Waals surface area contributed by atoms with Crippen LogP contribution in [0.4, 0.5) is 0 Å². The van der Waals surface area contributed by atoms with Crippen LogP contribution in [0.2, 0.25) is 0 Å². The van der Waals surface area contributed by atoms with Crippen molar-refractivity contribution in [2.45, 2.75) is 6.92 Å². The molecule has 22 heavy (non-hydrogen) atoms. The zero-order valence-corrected chi connectivity index (χ0v) is 12.4. The van der Waals surface area contributed by atoms with Crippen molar-refractivity contribution in [2.24, 2.45) is 0 Å². The number of rotatable bonds is 3.